The first-order chi connectivity index (χ1) is 15.0. The quantitative estimate of drug-likeness (QED) is 0.387. The molecule has 31 heavy (non-hydrogen) atoms. The smallest absolute Gasteiger partial charge is 0.249 e. The van der Waals surface area contributed by atoms with Crippen LogP contribution in [0.4, 0.5) is 10.2 Å². The van der Waals surface area contributed by atoms with E-state index in [0.29, 0.717) is 23.8 Å². The van der Waals surface area contributed by atoms with Gasteiger partial charge in [-0.05, 0) is 55.3 Å². The third-order valence-electron chi connectivity index (χ3n) is 4.82. The van der Waals surface area contributed by atoms with E-state index in [4.69, 9.17) is 9.15 Å². The molecule has 0 spiro atoms. The number of furan rings is 1. The molecule has 5 nitrogen and oxygen atoms in total. The molecular formula is C25H21FN2O3. The Balaban J connectivity index is 1.74. The molecule has 4 aromatic rings. The number of nitrogens with zero attached hydrogens (tertiary/aromatic N) is 1. The summed E-state index contributed by atoms with van der Waals surface area (Å²) < 4.78 is 24.9. The van der Waals surface area contributed by atoms with Crippen LogP contribution in [-0.2, 0) is 4.79 Å². The number of carbonyl (C=O) groups excluding carboxylic acids is 1. The van der Waals surface area contributed by atoms with Gasteiger partial charge in [-0.15, -0.1) is 0 Å². The van der Waals surface area contributed by atoms with Crippen molar-refractivity contribution in [3.63, 3.8) is 0 Å². The summed E-state index contributed by atoms with van der Waals surface area (Å²) in [5.41, 5.74) is 3.83. The van der Waals surface area contributed by atoms with E-state index < -0.39 is 0 Å². The molecule has 6 heteroatoms. The van der Waals surface area contributed by atoms with E-state index in [2.05, 4.69) is 10.3 Å². The number of anilines is 1. The van der Waals surface area contributed by atoms with Gasteiger partial charge in [0, 0.05) is 34.9 Å². The summed E-state index contributed by atoms with van der Waals surface area (Å²) >= 11 is 0. The Morgan fingerprint density at radius 2 is 2.00 bits per heavy atom. The third kappa shape index (κ3) is 4.48. The number of hydrogen-bond acceptors (Lipinski definition) is 4. The average molecular weight is 416 g/mol. The zero-order chi connectivity index (χ0) is 21.8. The monoisotopic (exact) mass is 416 g/mol. The first kappa shape index (κ1) is 20.3. The van der Waals surface area contributed by atoms with Gasteiger partial charge in [0.1, 0.15) is 23.0 Å². The van der Waals surface area contributed by atoms with E-state index in [1.54, 1.807) is 42.8 Å². The van der Waals surface area contributed by atoms with Crippen molar-refractivity contribution >= 4 is 28.3 Å². The topological polar surface area (TPSA) is 64.4 Å². The normalized spacial score (nSPS) is 11.5. The fourth-order valence-corrected chi connectivity index (χ4v) is 3.36. The first-order valence-electron chi connectivity index (χ1n) is 9.90. The number of pyridine rings is 1. The number of fused-ring (bicyclic) bond motifs is 1. The highest BCUT2D eigenvalue weighted by molar-refractivity contribution is 6.05. The number of allylic oxidation sites excluding steroid dienone is 1. The summed E-state index contributed by atoms with van der Waals surface area (Å²) in [4.78, 5) is 16.6. The summed E-state index contributed by atoms with van der Waals surface area (Å²) in [6.07, 6.45) is 4.77. The standard InChI is InChI=1S/C25H21FN2O3/c1-3-30-22-14-23-20(21(15-31-23)17-7-9-18(26)10-8-17)13-19(22)16(2)12-25(29)28-24-6-4-5-11-27-24/h4-15H,3H2,1-2H3,(H,27,28,29)/b16-12+. The molecule has 2 aromatic carbocycles. The van der Waals surface area contributed by atoms with Crippen molar-refractivity contribution in [3.8, 4) is 16.9 Å². The van der Waals surface area contributed by atoms with Crippen molar-refractivity contribution in [2.75, 3.05) is 11.9 Å². The van der Waals surface area contributed by atoms with Crippen LogP contribution in [-0.4, -0.2) is 17.5 Å². The van der Waals surface area contributed by atoms with Crippen molar-refractivity contribution < 1.29 is 18.3 Å². The predicted octanol–water partition coefficient (Wildman–Crippen LogP) is 6.07. The van der Waals surface area contributed by atoms with Crippen LogP contribution in [0.5, 0.6) is 5.75 Å². The van der Waals surface area contributed by atoms with Gasteiger partial charge in [-0.2, -0.15) is 0 Å². The minimum absolute atomic E-state index is 0.287. The zero-order valence-electron chi connectivity index (χ0n) is 17.2. The van der Waals surface area contributed by atoms with Crippen molar-refractivity contribution in [2.45, 2.75) is 13.8 Å². The highest BCUT2D eigenvalue weighted by atomic mass is 19.1. The minimum Gasteiger partial charge on any atom is -0.493 e. The van der Waals surface area contributed by atoms with Gasteiger partial charge in [-0.25, -0.2) is 9.37 Å². The summed E-state index contributed by atoms with van der Waals surface area (Å²) in [7, 11) is 0. The molecule has 156 valence electrons. The largest absolute Gasteiger partial charge is 0.493 e. The third-order valence-corrected chi connectivity index (χ3v) is 4.82. The molecule has 1 N–H and O–H groups in total. The van der Waals surface area contributed by atoms with E-state index in [1.165, 1.54) is 18.2 Å². The van der Waals surface area contributed by atoms with Gasteiger partial charge in [0.15, 0.2) is 0 Å². The van der Waals surface area contributed by atoms with Crippen LogP contribution in [0, 0.1) is 5.82 Å². The number of carbonyl (C=O) groups is 1. The van der Waals surface area contributed by atoms with Gasteiger partial charge in [-0.1, -0.05) is 18.2 Å². The molecule has 0 saturated carbocycles. The molecule has 0 aliphatic rings. The lowest BCUT2D eigenvalue weighted by molar-refractivity contribution is -0.111. The molecule has 0 unspecified atom stereocenters. The second kappa shape index (κ2) is 8.83. The average Bonchev–Trinajstić information content (AvgIpc) is 3.17. The first-order valence-corrected chi connectivity index (χ1v) is 9.90. The Morgan fingerprint density at radius 1 is 1.19 bits per heavy atom. The predicted molar refractivity (Wildman–Crippen MR) is 119 cm³/mol. The van der Waals surface area contributed by atoms with Gasteiger partial charge in [0.25, 0.3) is 0 Å². The van der Waals surface area contributed by atoms with E-state index in [9.17, 15) is 9.18 Å². The molecule has 0 radical (unpaired) electrons. The van der Waals surface area contributed by atoms with Crippen LogP contribution in [0.15, 0.2) is 77.6 Å². The maximum Gasteiger partial charge on any atom is 0.249 e. The minimum atomic E-state index is -0.298. The highest BCUT2D eigenvalue weighted by Gasteiger charge is 2.15. The second-order valence-electron chi connectivity index (χ2n) is 6.97. The fourth-order valence-electron chi connectivity index (χ4n) is 3.36. The summed E-state index contributed by atoms with van der Waals surface area (Å²) in [6, 6.07) is 15.3. The van der Waals surface area contributed by atoms with Gasteiger partial charge in [0.05, 0.1) is 12.9 Å². The summed E-state index contributed by atoms with van der Waals surface area (Å²) in [5.74, 6) is 0.512. The van der Waals surface area contributed by atoms with Crippen LogP contribution >= 0.6 is 0 Å². The fraction of sp³-hybridized carbons (Fsp3) is 0.120. The Morgan fingerprint density at radius 3 is 2.71 bits per heavy atom. The van der Waals surface area contributed by atoms with Gasteiger partial charge in [-0.3, -0.25) is 4.79 Å². The van der Waals surface area contributed by atoms with Gasteiger partial charge >= 0.3 is 0 Å². The molecule has 4 rings (SSSR count). The highest BCUT2D eigenvalue weighted by Crippen LogP contribution is 2.37. The van der Waals surface area contributed by atoms with Crippen molar-refractivity contribution in [2.24, 2.45) is 0 Å². The van der Waals surface area contributed by atoms with Crippen molar-refractivity contribution in [3.05, 3.63) is 84.5 Å². The Kier molecular flexibility index (Phi) is 5.80. The Labute approximate surface area is 179 Å². The number of nitrogens with one attached hydrogen (secondary N) is 1. The molecule has 0 saturated heterocycles. The van der Waals surface area contributed by atoms with Gasteiger partial charge in [0.2, 0.25) is 5.91 Å². The number of hydrogen-bond donors (Lipinski definition) is 1. The molecule has 0 atom stereocenters. The Bertz CT molecular complexity index is 1250. The molecule has 0 aliphatic heterocycles. The molecule has 0 bridgehead atoms. The SMILES string of the molecule is CCOc1cc2occ(-c3ccc(F)cc3)c2cc1/C(C)=C/C(=O)Nc1ccccn1. The van der Waals surface area contributed by atoms with Crippen molar-refractivity contribution in [1.82, 2.24) is 4.98 Å². The van der Waals surface area contributed by atoms with Gasteiger partial charge < -0.3 is 14.5 Å². The second-order valence-corrected chi connectivity index (χ2v) is 6.97. The zero-order valence-corrected chi connectivity index (χ0v) is 17.2. The van der Waals surface area contributed by atoms with Crippen LogP contribution in [0.25, 0.3) is 27.7 Å². The molecule has 0 aliphatic carbocycles. The number of rotatable bonds is 6. The molecule has 1 amide bonds. The summed E-state index contributed by atoms with van der Waals surface area (Å²) in [5, 5.41) is 3.60. The number of benzene rings is 2. The maximum absolute atomic E-state index is 13.3. The molecule has 0 fully saturated rings. The van der Waals surface area contributed by atoms with Crippen LogP contribution < -0.4 is 10.1 Å². The number of amides is 1. The number of aromatic nitrogens is 1. The number of ether oxygens (including phenoxy) is 1. The van der Waals surface area contributed by atoms with Crippen LogP contribution in [0.1, 0.15) is 19.4 Å². The van der Waals surface area contributed by atoms with Crippen LogP contribution in [0.2, 0.25) is 0 Å². The lowest BCUT2D eigenvalue weighted by Gasteiger charge is -2.12. The van der Waals surface area contributed by atoms with E-state index in [0.717, 1.165) is 27.6 Å². The summed E-state index contributed by atoms with van der Waals surface area (Å²) in [6.45, 7) is 4.21. The molecular weight excluding hydrogens is 395 g/mol. The molecule has 2 heterocycles. The van der Waals surface area contributed by atoms with E-state index >= 15 is 0 Å². The maximum atomic E-state index is 13.3. The Hall–Kier alpha value is -3.93. The number of halogens is 1. The van der Waals surface area contributed by atoms with E-state index in [-0.39, 0.29) is 11.7 Å². The molecule has 2 aromatic heterocycles. The van der Waals surface area contributed by atoms with Crippen LogP contribution in [0.3, 0.4) is 0 Å². The lowest BCUT2D eigenvalue weighted by atomic mass is 9.99. The van der Waals surface area contributed by atoms with Crippen molar-refractivity contribution in [1.29, 1.82) is 0 Å². The van der Waals surface area contributed by atoms with E-state index in [1.807, 2.05) is 26.0 Å². The lowest BCUT2D eigenvalue weighted by Crippen LogP contribution is -2.09.